The minimum absolute atomic E-state index is 0.0960. The number of hydrogen-bond donors (Lipinski definition) is 1. The zero-order chi connectivity index (χ0) is 17.9. The molecule has 0 saturated heterocycles. The number of aryl methyl sites for hydroxylation is 2. The molecule has 6 nitrogen and oxygen atoms in total. The van der Waals surface area contributed by atoms with Gasteiger partial charge in [0.1, 0.15) is 6.54 Å². The Hall–Kier alpha value is -2.54. The van der Waals surface area contributed by atoms with Gasteiger partial charge in [-0.1, -0.05) is 35.5 Å². The molecule has 1 aliphatic carbocycles. The van der Waals surface area contributed by atoms with Gasteiger partial charge >= 0.3 is 0 Å². The molecule has 2 aromatic heterocycles. The monoisotopic (exact) mass is 368 g/mol. The Kier molecular flexibility index (Phi) is 4.79. The van der Waals surface area contributed by atoms with Crippen molar-refractivity contribution >= 4 is 27.5 Å². The number of thiophene rings is 1. The first-order valence-corrected chi connectivity index (χ1v) is 9.72. The van der Waals surface area contributed by atoms with E-state index in [0.717, 1.165) is 43.2 Å². The zero-order valence-corrected chi connectivity index (χ0v) is 15.2. The standard InChI is InChI=1S/C19H20N4O2S/c24-16(20-11-10-13-6-2-1-3-7-13)12-23-19(25)17-14-8-4-5-9-15(14)26-18(17)21-22-23/h1-3,6-7H,4-5,8-12H2,(H,20,24). The number of carbonyl (C=O) groups is 1. The van der Waals surface area contributed by atoms with E-state index in [1.807, 2.05) is 30.3 Å². The molecular weight excluding hydrogens is 348 g/mol. The van der Waals surface area contributed by atoms with Crippen LogP contribution in [0.1, 0.15) is 28.8 Å². The maximum atomic E-state index is 12.8. The Morgan fingerprint density at radius 3 is 2.85 bits per heavy atom. The number of aromatic nitrogens is 3. The number of amides is 1. The summed E-state index contributed by atoms with van der Waals surface area (Å²) in [6.07, 6.45) is 4.94. The highest BCUT2D eigenvalue weighted by Gasteiger charge is 2.21. The lowest BCUT2D eigenvalue weighted by Gasteiger charge is -2.10. The summed E-state index contributed by atoms with van der Waals surface area (Å²) in [5.74, 6) is -0.222. The molecule has 134 valence electrons. The smallest absolute Gasteiger partial charge is 0.279 e. The summed E-state index contributed by atoms with van der Waals surface area (Å²) in [6.45, 7) is 0.433. The lowest BCUT2D eigenvalue weighted by atomic mass is 9.97. The van der Waals surface area contributed by atoms with Crippen LogP contribution in [0.3, 0.4) is 0 Å². The third-order valence-corrected chi connectivity index (χ3v) is 5.89. The Morgan fingerprint density at radius 1 is 1.19 bits per heavy atom. The molecule has 2 heterocycles. The highest BCUT2D eigenvalue weighted by Crippen LogP contribution is 2.33. The van der Waals surface area contributed by atoms with E-state index >= 15 is 0 Å². The van der Waals surface area contributed by atoms with E-state index in [4.69, 9.17) is 0 Å². The van der Waals surface area contributed by atoms with E-state index < -0.39 is 0 Å². The van der Waals surface area contributed by atoms with Crippen LogP contribution in [0.5, 0.6) is 0 Å². The molecule has 0 bridgehead atoms. The van der Waals surface area contributed by atoms with Crippen LogP contribution in [0.2, 0.25) is 0 Å². The molecule has 0 atom stereocenters. The van der Waals surface area contributed by atoms with Gasteiger partial charge in [-0.05, 0) is 43.2 Å². The molecule has 7 heteroatoms. The second-order valence-electron chi connectivity index (χ2n) is 6.53. The zero-order valence-electron chi connectivity index (χ0n) is 14.4. The molecule has 3 aromatic rings. The van der Waals surface area contributed by atoms with Crippen molar-refractivity contribution in [2.45, 2.75) is 38.6 Å². The quantitative estimate of drug-likeness (QED) is 0.748. The lowest BCUT2D eigenvalue weighted by Crippen LogP contribution is -2.35. The van der Waals surface area contributed by atoms with Gasteiger partial charge in [-0.25, -0.2) is 4.68 Å². The molecule has 0 unspecified atom stereocenters. The molecule has 1 N–H and O–H groups in total. The number of nitrogens with one attached hydrogen (secondary N) is 1. The molecule has 0 radical (unpaired) electrons. The van der Waals surface area contributed by atoms with Crippen LogP contribution in [-0.2, 0) is 30.6 Å². The second-order valence-corrected chi connectivity index (χ2v) is 7.61. The number of nitrogens with zero attached hydrogens (tertiary/aromatic N) is 3. The van der Waals surface area contributed by atoms with Crippen molar-refractivity contribution in [3.63, 3.8) is 0 Å². The van der Waals surface area contributed by atoms with Crippen molar-refractivity contribution in [3.05, 3.63) is 56.7 Å². The molecule has 26 heavy (non-hydrogen) atoms. The molecule has 0 saturated carbocycles. The maximum absolute atomic E-state index is 12.8. The summed E-state index contributed by atoms with van der Waals surface area (Å²) < 4.78 is 1.18. The Balaban J connectivity index is 1.46. The fraction of sp³-hybridized carbons (Fsp3) is 0.368. The summed E-state index contributed by atoms with van der Waals surface area (Å²) in [6, 6.07) is 9.96. The van der Waals surface area contributed by atoms with Crippen molar-refractivity contribution in [2.24, 2.45) is 0 Å². The molecule has 4 rings (SSSR count). The summed E-state index contributed by atoms with van der Waals surface area (Å²) in [4.78, 5) is 26.9. The minimum Gasteiger partial charge on any atom is -0.354 e. The van der Waals surface area contributed by atoms with Gasteiger partial charge in [-0.2, -0.15) is 0 Å². The first kappa shape index (κ1) is 16.9. The van der Waals surface area contributed by atoms with Crippen molar-refractivity contribution in [3.8, 4) is 0 Å². The van der Waals surface area contributed by atoms with E-state index in [2.05, 4.69) is 15.6 Å². The van der Waals surface area contributed by atoms with Gasteiger partial charge in [0.15, 0.2) is 4.83 Å². The van der Waals surface area contributed by atoms with Crippen LogP contribution in [0.25, 0.3) is 10.2 Å². The van der Waals surface area contributed by atoms with Crippen molar-refractivity contribution < 1.29 is 4.79 Å². The van der Waals surface area contributed by atoms with Crippen LogP contribution in [0, 0.1) is 0 Å². The van der Waals surface area contributed by atoms with Crippen LogP contribution < -0.4 is 10.9 Å². The summed E-state index contributed by atoms with van der Waals surface area (Å²) in [5, 5.41) is 11.7. The van der Waals surface area contributed by atoms with E-state index in [0.29, 0.717) is 16.8 Å². The molecular formula is C19H20N4O2S. The Morgan fingerprint density at radius 2 is 2.00 bits per heavy atom. The molecule has 1 aromatic carbocycles. The summed E-state index contributed by atoms with van der Waals surface area (Å²) >= 11 is 1.57. The number of rotatable bonds is 5. The van der Waals surface area contributed by atoms with Gasteiger partial charge in [0.2, 0.25) is 5.91 Å². The van der Waals surface area contributed by atoms with Gasteiger partial charge in [0.25, 0.3) is 5.56 Å². The fourth-order valence-electron chi connectivity index (χ4n) is 3.39. The summed E-state index contributed by atoms with van der Waals surface area (Å²) in [5.41, 5.74) is 2.08. The van der Waals surface area contributed by atoms with Crippen molar-refractivity contribution in [2.75, 3.05) is 6.54 Å². The van der Waals surface area contributed by atoms with Crippen molar-refractivity contribution in [1.29, 1.82) is 0 Å². The molecule has 0 aliphatic heterocycles. The average Bonchev–Trinajstić information content (AvgIpc) is 3.04. The van der Waals surface area contributed by atoms with E-state index in [9.17, 15) is 9.59 Å². The largest absolute Gasteiger partial charge is 0.354 e. The van der Waals surface area contributed by atoms with Crippen LogP contribution >= 0.6 is 11.3 Å². The van der Waals surface area contributed by atoms with Gasteiger partial charge in [-0.15, -0.1) is 16.4 Å². The highest BCUT2D eigenvalue weighted by atomic mass is 32.1. The normalized spacial score (nSPS) is 13.5. The number of carbonyl (C=O) groups excluding carboxylic acids is 1. The molecule has 0 fully saturated rings. The minimum atomic E-state index is -0.222. The predicted molar refractivity (Wildman–Crippen MR) is 101 cm³/mol. The SMILES string of the molecule is O=C(Cn1nnc2sc3c(c2c1=O)CCCC3)NCCc1ccccc1. The number of benzene rings is 1. The van der Waals surface area contributed by atoms with E-state index in [-0.39, 0.29) is 18.0 Å². The second kappa shape index (κ2) is 7.37. The highest BCUT2D eigenvalue weighted by molar-refractivity contribution is 7.18. The molecule has 1 amide bonds. The topological polar surface area (TPSA) is 76.9 Å². The first-order valence-electron chi connectivity index (χ1n) is 8.91. The lowest BCUT2D eigenvalue weighted by molar-refractivity contribution is -0.121. The third-order valence-electron chi connectivity index (χ3n) is 4.72. The van der Waals surface area contributed by atoms with Crippen LogP contribution in [0.15, 0.2) is 35.1 Å². The van der Waals surface area contributed by atoms with Gasteiger partial charge in [0.05, 0.1) is 5.39 Å². The van der Waals surface area contributed by atoms with Crippen LogP contribution in [0.4, 0.5) is 0 Å². The van der Waals surface area contributed by atoms with Gasteiger partial charge in [0, 0.05) is 11.4 Å². The average molecular weight is 368 g/mol. The molecule has 1 aliphatic rings. The van der Waals surface area contributed by atoms with Gasteiger partial charge < -0.3 is 5.32 Å². The van der Waals surface area contributed by atoms with Gasteiger partial charge in [-0.3, -0.25) is 9.59 Å². The number of hydrogen-bond acceptors (Lipinski definition) is 5. The number of fused-ring (bicyclic) bond motifs is 3. The first-order chi connectivity index (χ1) is 12.7. The fourth-order valence-corrected chi connectivity index (χ4v) is 4.59. The van der Waals surface area contributed by atoms with Crippen molar-refractivity contribution in [1.82, 2.24) is 20.3 Å². The van der Waals surface area contributed by atoms with Crippen LogP contribution in [-0.4, -0.2) is 27.4 Å². The third kappa shape index (κ3) is 3.39. The summed E-state index contributed by atoms with van der Waals surface area (Å²) in [7, 11) is 0. The Labute approximate surface area is 154 Å². The Bertz CT molecular complexity index is 994. The maximum Gasteiger partial charge on any atom is 0.279 e. The predicted octanol–water partition coefficient (Wildman–Crippen LogP) is 2.09. The van der Waals surface area contributed by atoms with E-state index in [1.165, 1.54) is 9.56 Å². The van der Waals surface area contributed by atoms with E-state index in [1.54, 1.807) is 11.3 Å². The molecule has 0 spiro atoms.